The molecule has 20 heavy (non-hydrogen) atoms. The SMILES string of the molecule is C=CC(=O)NCOCC.C=CC(=O)NCOCCCC. The van der Waals surface area contributed by atoms with Crippen molar-refractivity contribution < 1.29 is 19.1 Å². The lowest BCUT2D eigenvalue weighted by molar-refractivity contribution is -0.119. The third-order valence-electron chi connectivity index (χ3n) is 1.91. The van der Waals surface area contributed by atoms with Gasteiger partial charge in [-0.15, -0.1) is 0 Å². The van der Waals surface area contributed by atoms with Gasteiger partial charge in [-0.1, -0.05) is 26.5 Å². The smallest absolute Gasteiger partial charge is 0.245 e. The lowest BCUT2D eigenvalue weighted by atomic mass is 10.4. The molecule has 116 valence electrons. The van der Waals surface area contributed by atoms with Gasteiger partial charge in [0.05, 0.1) is 0 Å². The summed E-state index contributed by atoms with van der Waals surface area (Å²) in [6, 6.07) is 0. The van der Waals surface area contributed by atoms with Crippen molar-refractivity contribution in [2.24, 2.45) is 0 Å². The van der Waals surface area contributed by atoms with E-state index in [2.05, 4.69) is 30.7 Å². The first-order valence-corrected chi connectivity index (χ1v) is 6.58. The van der Waals surface area contributed by atoms with Crippen molar-refractivity contribution in [3.05, 3.63) is 25.3 Å². The molecule has 2 amide bonds. The van der Waals surface area contributed by atoms with Crippen LogP contribution in [-0.2, 0) is 19.1 Å². The molecular formula is C14H26N2O4. The Morgan fingerprint density at radius 1 is 1.00 bits per heavy atom. The molecule has 0 unspecified atom stereocenters. The van der Waals surface area contributed by atoms with Crippen LogP contribution in [0, 0.1) is 0 Å². The molecule has 0 aromatic rings. The van der Waals surface area contributed by atoms with Gasteiger partial charge in [0.15, 0.2) is 0 Å². The van der Waals surface area contributed by atoms with E-state index in [9.17, 15) is 9.59 Å². The predicted molar refractivity (Wildman–Crippen MR) is 78.9 cm³/mol. The number of amides is 2. The van der Waals surface area contributed by atoms with Gasteiger partial charge in [-0.05, 0) is 25.5 Å². The van der Waals surface area contributed by atoms with Crippen LogP contribution in [0.4, 0.5) is 0 Å². The van der Waals surface area contributed by atoms with Crippen LogP contribution in [0.5, 0.6) is 0 Å². The molecule has 0 spiro atoms. The van der Waals surface area contributed by atoms with E-state index >= 15 is 0 Å². The zero-order valence-electron chi connectivity index (χ0n) is 12.4. The number of nitrogens with one attached hydrogen (secondary N) is 2. The third-order valence-corrected chi connectivity index (χ3v) is 1.91. The zero-order valence-corrected chi connectivity index (χ0v) is 12.4. The number of hydrogen-bond acceptors (Lipinski definition) is 4. The van der Waals surface area contributed by atoms with Crippen LogP contribution >= 0.6 is 0 Å². The van der Waals surface area contributed by atoms with Crippen LogP contribution in [0.2, 0.25) is 0 Å². The summed E-state index contributed by atoms with van der Waals surface area (Å²) >= 11 is 0. The highest BCUT2D eigenvalue weighted by atomic mass is 16.5. The number of hydrogen-bond donors (Lipinski definition) is 2. The second-order valence-electron chi connectivity index (χ2n) is 3.53. The first-order valence-electron chi connectivity index (χ1n) is 6.58. The molecule has 0 radical (unpaired) electrons. The van der Waals surface area contributed by atoms with E-state index in [1.807, 2.05) is 6.92 Å². The molecule has 0 saturated heterocycles. The minimum atomic E-state index is -0.205. The van der Waals surface area contributed by atoms with Gasteiger partial charge in [-0.3, -0.25) is 9.59 Å². The predicted octanol–water partition coefficient (Wildman–Crippen LogP) is 1.35. The molecule has 2 N–H and O–H groups in total. The Kier molecular flexibility index (Phi) is 17.9. The van der Waals surface area contributed by atoms with Crippen LogP contribution < -0.4 is 10.6 Å². The van der Waals surface area contributed by atoms with Crippen molar-refractivity contribution in [2.45, 2.75) is 26.7 Å². The maximum atomic E-state index is 10.5. The van der Waals surface area contributed by atoms with Gasteiger partial charge in [0.25, 0.3) is 0 Å². The number of rotatable bonds is 10. The first kappa shape index (κ1) is 20.7. The molecule has 0 aromatic carbocycles. The summed E-state index contributed by atoms with van der Waals surface area (Å²) in [6.45, 7) is 12.4. The normalized spacial score (nSPS) is 8.90. The average Bonchev–Trinajstić information content (AvgIpc) is 2.47. The Balaban J connectivity index is 0. The van der Waals surface area contributed by atoms with Crippen molar-refractivity contribution in [3.8, 4) is 0 Å². The highest BCUT2D eigenvalue weighted by Gasteiger charge is 1.90. The van der Waals surface area contributed by atoms with Gasteiger partial charge in [0, 0.05) is 13.2 Å². The lowest BCUT2D eigenvalue weighted by Gasteiger charge is -2.02. The van der Waals surface area contributed by atoms with E-state index < -0.39 is 0 Å². The first-order chi connectivity index (χ1) is 9.62. The number of carbonyl (C=O) groups excluding carboxylic acids is 2. The second-order valence-corrected chi connectivity index (χ2v) is 3.53. The molecule has 0 aliphatic rings. The van der Waals surface area contributed by atoms with Crippen LogP contribution in [0.25, 0.3) is 0 Å². The lowest BCUT2D eigenvalue weighted by Crippen LogP contribution is -2.23. The molecule has 6 heteroatoms. The fourth-order valence-electron chi connectivity index (χ4n) is 0.809. The molecule has 0 aliphatic carbocycles. The molecule has 0 rings (SSSR count). The van der Waals surface area contributed by atoms with Crippen LogP contribution in [0.1, 0.15) is 26.7 Å². The average molecular weight is 286 g/mol. The van der Waals surface area contributed by atoms with Crippen molar-refractivity contribution in [3.63, 3.8) is 0 Å². The molecule has 0 aliphatic heterocycles. The summed E-state index contributed by atoms with van der Waals surface area (Å²) < 4.78 is 9.89. The van der Waals surface area contributed by atoms with Gasteiger partial charge >= 0.3 is 0 Å². The Hall–Kier alpha value is -1.66. The molecular weight excluding hydrogens is 260 g/mol. The van der Waals surface area contributed by atoms with E-state index in [1.165, 1.54) is 12.2 Å². The van der Waals surface area contributed by atoms with Gasteiger partial charge in [0.2, 0.25) is 11.8 Å². The maximum Gasteiger partial charge on any atom is 0.245 e. The van der Waals surface area contributed by atoms with Gasteiger partial charge < -0.3 is 20.1 Å². The molecule has 0 heterocycles. The van der Waals surface area contributed by atoms with Crippen LogP contribution in [-0.4, -0.2) is 38.5 Å². The summed E-state index contributed by atoms with van der Waals surface area (Å²) in [5.74, 6) is -0.398. The maximum absolute atomic E-state index is 10.5. The molecule has 0 atom stereocenters. The quantitative estimate of drug-likeness (QED) is 0.361. The van der Waals surface area contributed by atoms with Gasteiger partial charge in [-0.2, -0.15) is 0 Å². The fourth-order valence-corrected chi connectivity index (χ4v) is 0.809. The van der Waals surface area contributed by atoms with Gasteiger partial charge in [0.1, 0.15) is 13.5 Å². The number of ether oxygens (including phenoxy) is 2. The fraction of sp³-hybridized carbons (Fsp3) is 0.571. The van der Waals surface area contributed by atoms with E-state index in [-0.39, 0.29) is 25.3 Å². The molecule has 0 aromatic heterocycles. The van der Waals surface area contributed by atoms with Crippen molar-refractivity contribution in [1.29, 1.82) is 0 Å². The Morgan fingerprint density at radius 2 is 1.50 bits per heavy atom. The monoisotopic (exact) mass is 286 g/mol. The van der Waals surface area contributed by atoms with E-state index in [0.29, 0.717) is 13.2 Å². The summed E-state index contributed by atoms with van der Waals surface area (Å²) in [4.78, 5) is 20.9. The molecule has 0 fully saturated rings. The standard InChI is InChI=1S/C8H15NO2.C6H11NO2/c1-3-5-6-11-7-9-8(10)4-2;1-3-6(8)7-5-9-4-2/h4H,2-3,5-7H2,1H3,(H,9,10);3H,1,4-5H2,2H3,(H,7,8). The Bertz CT molecular complexity index is 280. The minimum absolute atomic E-state index is 0.193. The van der Waals surface area contributed by atoms with Crippen molar-refractivity contribution in [2.75, 3.05) is 26.7 Å². The summed E-state index contributed by atoms with van der Waals surface area (Å²) in [6.07, 6.45) is 4.57. The summed E-state index contributed by atoms with van der Waals surface area (Å²) in [5, 5.41) is 4.97. The van der Waals surface area contributed by atoms with E-state index in [0.717, 1.165) is 12.8 Å². The van der Waals surface area contributed by atoms with Crippen molar-refractivity contribution >= 4 is 11.8 Å². The molecule has 0 saturated carbocycles. The largest absolute Gasteiger partial charge is 0.362 e. The van der Waals surface area contributed by atoms with Crippen LogP contribution in [0.15, 0.2) is 25.3 Å². The third kappa shape index (κ3) is 18.7. The Morgan fingerprint density at radius 3 is 1.90 bits per heavy atom. The topological polar surface area (TPSA) is 76.7 Å². The van der Waals surface area contributed by atoms with E-state index in [4.69, 9.17) is 9.47 Å². The highest BCUT2D eigenvalue weighted by Crippen LogP contribution is 1.85. The summed E-state index contributed by atoms with van der Waals surface area (Å²) in [7, 11) is 0. The minimum Gasteiger partial charge on any atom is -0.362 e. The van der Waals surface area contributed by atoms with Gasteiger partial charge in [-0.25, -0.2) is 0 Å². The van der Waals surface area contributed by atoms with Crippen molar-refractivity contribution in [1.82, 2.24) is 10.6 Å². The Labute approximate surface area is 121 Å². The summed E-state index contributed by atoms with van der Waals surface area (Å²) in [5.41, 5.74) is 0. The highest BCUT2D eigenvalue weighted by molar-refractivity contribution is 5.86. The second kappa shape index (κ2) is 17.3. The zero-order chi connectivity index (χ0) is 15.6. The molecule has 6 nitrogen and oxygen atoms in total. The number of carbonyl (C=O) groups is 2. The molecule has 0 bridgehead atoms. The van der Waals surface area contributed by atoms with E-state index in [1.54, 1.807) is 0 Å². The van der Waals surface area contributed by atoms with Crippen LogP contribution in [0.3, 0.4) is 0 Å². The number of unbranched alkanes of at least 4 members (excludes halogenated alkanes) is 1.